The molecule has 3 aromatic rings. The molecule has 5 rings (SSSR count). The summed E-state index contributed by atoms with van der Waals surface area (Å²) in [5, 5.41) is 19.1. The van der Waals surface area contributed by atoms with Crippen LogP contribution in [0, 0.1) is 5.92 Å². The summed E-state index contributed by atoms with van der Waals surface area (Å²) in [5.74, 6) is 1.54. The summed E-state index contributed by atoms with van der Waals surface area (Å²) in [4.78, 5) is 14.9. The van der Waals surface area contributed by atoms with E-state index in [1.54, 1.807) is 30.6 Å². The fourth-order valence-corrected chi connectivity index (χ4v) is 4.63. The van der Waals surface area contributed by atoms with Crippen molar-refractivity contribution in [1.82, 2.24) is 25.1 Å². The summed E-state index contributed by atoms with van der Waals surface area (Å²) in [6.45, 7) is 2.89. The van der Waals surface area contributed by atoms with Crippen LogP contribution in [0.4, 0.5) is 10.2 Å². The maximum atomic E-state index is 14.9. The van der Waals surface area contributed by atoms with E-state index in [1.165, 1.54) is 0 Å². The third-order valence-electron chi connectivity index (χ3n) is 6.63. The van der Waals surface area contributed by atoms with Crippen molar-refractivity contribution in [3.05, 3.63) is 30.6 Å². The number of halogens is 1. The molecule has 1 aliphatic heterocycles. The minimum Gasteiger partial charge on any atom is -0.507 e. The van der Waals surface area contributed by atoms with Gasteiger partial charge in [0.15, 0.2) is 11.6 Å². The SMILES string of the molecule is CC[C@@H]1CCC[C@H](N(C)c2cnc(-c3ccc(-c4cnc5c(n4)OCCO5)cc3O)nn2)[C@@H]1F. The molecule has 178 valence electrons. The first-order valence-corrected chi connectivity index (χ1v) is 11.6. The van der Waals surface area contributed by atoms with E-state index in [0.717, 1.165) is 25.7 Å². The van der Waals surface area contributed by atoms with E-state index in [4.69, 9.17) is 9.47 Å². The highest BCUT2D eigenvalue weighted by molar-refractivity contribution is 5.71. The lowest BCUT2D eigenvalue weighted by Gasteiger charge is -2.38. The number of hydrogen-bond acceptors (Lipinski definition) is 9. The van der Waals surface area contributed by atoms with Crippen LogP contribution >= 0.6 is 0 Å². The number of aromatic hydroxyl groups is 1. The molecule has 1 aromatic carbocycles. The summed E-state index contributed by atoms with van der Waals surface area (Å²) >= 11 is 0. The Morgan fingerprint density at radius 2 is 1.91 bits per heavy atom. The molecule has 0 saturated heterocycles. The number of ether oxygens (including phenoxy) is 2. The van der Waals surface area contributed by atoms with E-state index in [2.05, 4.69) is 25.1 Å². The van der Waals surface area contributed by atoms with Crippen LogP contribution in [0.1, 0.15) is 32.6 Å². The van der Waals surface area contributed by atoms with Crippen molar-refractivity contribution in [1.29, 1.82) is 0 Å². The van der Waals surface area contributed by atoms with Crippen molar-refractivity contribution in [3.8, 4) is 40.2 Å². The van der Waals surface area contributed by atoms with E-state index in [-0.39, 0.29) is 23.5 Å². The van der Waals surface area contributed by atoms with E-state index >= 15 is 0 Å². The van der Waals surface area contributed by atoms with Crippen molar-refractivity contribution in [3.63, 3.8) is 0 Å². The average Bonchev–Trinajstić information content (AvgIpc) is 2.88. The van der Waals surface area contributed by atoms with Crippen LogP contribution in [0.3, 0.4) is 0 Å². The van der Waals surface area contributed by atoms with Crippen molar-refractivity contribution in [2.24, 2.45) is 5.92 Å². The molecule has 0 amide bonds. The molecule has 9 nitrogen and oxygen atoms in total. The van der Waals surface area contributed by atoms with Gasteiger partial charge in [0.25, 0.3) is 11.8 Å². The van der Waals surface area contributed by atoms with Gasteiger partial charge in [-0.3, -0.25) is 0 Å². The van der Waals surface area contributed by atoms with Crippen molar-refractivity contribution < 1.29 is 19.0 Å². The fraction of sp³-hybridized carbons (Fsp3) is 0.458. The zero-order valence-electron chi connectivity index (χ0n) is 19.2. The third kappa shape index (κ3) is 4.20. The van der Waals surface area contributed by atoms with Crippen LogP contribution in [0.15, 0.2) is 30.6 Å². The second-order valence-corrected chi connectivity index (χ2v) is 8.66. The number of aromatic nitrogens is 5. The quantitative estimate of drug-likeness (QED) is 0.600. The van der Waals surface area contributed by atoms with Crippen molar-refractivity contribution >= 4 is 5.82 Å². The molecule has 10 heteroatoms. The zero-order valence-corrected chi connectivity index (χ0v) is 19.2. The van der Waals surface area contributed by atoms with Crippen LogP contribution in [0.2, 0.25) is 0 Å². The van der Waals surface area contributed by atoms with Gasteiger partial charge in [-0.2, -0.15) is 0 Å². The lowest BCUT2D eigenvalue weighted by atomic mass is 9.82. The summed E-state index contributed by atoms with van der Waals surface area (Å²) in [7, 11) is 1.83. The highest BCUT2D eigenvalue weighted by Crippen LogP contribution is 2.35. The Kier molecular flexibility index (Phi) is 6.12. The van der Waals surface area contributed by atoms with Gasteiger partial charge >= 0.3 is 0 Å². The van der Waals surface area contributed by atoms with Gasteiger partial charge in [-0.1, -0.05) is 25.8 Å². The number of fused-ring (bicyclic) bond motifs is 1. The number of phenolic OH excluding ortho intramolecular Hbond substituents is 1. The minimum absolute atomic E-state index is 0.0148. The largest absolute Gasteiger partial charge is 0.507 e. The van der Waals surface area contributed by atoms with Gasteiger partial charge in [-0.15, -0.1) is 10.2 Å². The van der Waals surface area contributed by atoms with Gasteiger partial charge in [0.05, 0.1) is 29.7 Å². The molecule has 3 heterocycles. The molecule has 1 N–H and O–H groups in total. The normalized spacial score (nSPS) is 21.8. The predicted molar refractivity (Wildman–Crippen MR) is 124 cm³/mol. The molecule has 3 atom stereocenters. The van der Waals surface area contributed by atoms with Gasteiger partial charge in [0.2, 0.25) is 0 Å². The maximum absolute atomic E-state index is 14.9. The molecule has 0 spiro atoms. The van der Waals surface area contributed by atoms with Gasteiger partial charge in [0, 0.05) is 12.6 Å². The molecule has 0 radical (unpaired) electrons. The van der Waals surface area contributed by atoms with Crippen LogP contribution in [0.5, 0.6) is 17.5 Å². The highest BCUT2D eigenvalue weighted by Gasteiger charge is 2.35. The van der Waals surface area contributed by atoms with Crippen LogP contribution in [-0.2, 0) is 0 Å². The highest BCUT2D eigenvalue weighted by atomic mass is 19.1. The Bertz CT molecular complexity index is 1160. The second-order valence-electron chi connectivity index (χ2n) is 8.66. The number of hydrogen-bond donors (Lipinski definition) is 1. The number of rotatable bonds is 5. The molecule has 0 bridgehead atoms. The predicted octanol–water partition coefficient (Wildman–Crippen LogP) is 3.83. The Morgan fingerprint density at radius 1 is 1.09 bits per heavy atom. The third-order valence-corrected chi connectivity index (χ3v) is 6.63. The minimum atomic E-state index is -0.898. The van der Waals surface area contributed by atoms with Crippen LogP contribution in [0.25, 0.3) is 22.6 Å². The second kappa shape index (κ2) is 9.36. The van der Waals surface area contributed by atoms with Crippen LogP contribution < -0.4 is 14.4 Å². The topological polar surface area (TPSA) is 106 Å². The molecule has 2 aliphatic rings. The first-order valence-electron chi connectivity index (χ1n) is 11.6. The Labute approximate surface area is 197 Å². The van der Waals surface area contributed by atoms with Crippen LogP contribution in [-0.4, -0.2) is 62.7 Å². The summed E-state index contributed by atoms with van der Waals surface area (Å²) in [6.07, 6.45) is 5.79. The smallest absolute Gasteiger partial charge is 0.278 e. The first kappa shape index (κ1) is 22.2. The lowest BCUT2D eigenvalue weighted by molar-refractivity contribution is 0.134. The van der Waals surface area contributed by atoms with E-state index in [1.807, 2.05) is 18.9 Å². The summed E-state index contributed by atoms with van der Waals surface area (Å²) in [6, 6.07) is 4.83. The number of phenols is 1. The van der Waals surface area contributed by atoms with E-state index in [0.29, 0.717) is 47.6 Å². The van der Waals surface area contributed by atoms with E-state index < -0.39 is 6.17 Å². The Hall–Kier alpha value is -3.56. The van der Waals surface area contributed by atoms with Crippen molar-refractivity contribution in [2.45, 2.75) is 44.8 Å². The van der Waals surface area contributed by atoms with E-state index in [9.17, 15) is 9.50 Å². The molecular formula is C24H27FN6O3. The number of anilines is 1. The Morgan fingerprint density at radius 3 is 2.65 bits per heavy atom. The molecule has 1 saturated carbocycles. The standard InChI is InChI=1S/C24H27FN6O3/c1-3-14-5-4-6-18(21(14)25)31(2)20-13-26-22(30-29-20)16-8-7-15(11-19(16)32)17-12-27-23-24(28-17)34-10-9-33-23/h7-8,11-14,18,21,32H,3-6,9-10H2,1-2H3/t14-,18+,21-/m1/s1. The van der Waals surface area contributed by atoms with Gasteiger partial charge < -0.3 is 19.5 Å². The summed E-state index contributed by atoms with van der Waals surface area (Å²) in [5.41, 5.74) is 1.63. The number of alkyl halides is 1. The molecule has 34 heavy (non-hydrogen) atoms. The molecule has 2 aromatic heterocycles. The molecule has 0 unspecified atom stereocenters. The van der Waals surface area contributed by atoms with Gasteiger partial charge in [-0.05, 0) is 30.9 Å². The first-order chi connectivity index (χ1) is 16.5. The number of nitrogens with zero attached hydrogens (tertiary/aromatic N) is 6. The fourth-order valence-electron chi connectivity index (χ4n) is 4.63. The zero-order chi connectivity index (χ0) is 23.7. The molecule has 1 fully saturated rings. The van der Waals surface area contributed by atoms with Crippen molar-refractivity contribution in [2.75, 3.05) is 25.2 Å². The molecule has 1 aliphatic carbocycles. The van der Waals surface area contributed by atoms with Gasteiger partial charge in [0.1, 0.15) is 25.1 Å². The van der Waals surface area contributed by atoms with Gasteiger partial charge in [-0.25, -0.2) is 19.3 Å². The summed E-state index contributed by atoms with van der Waals surface area (Å²) < 4.78 is 25.8. The number of benzene rings is 1. The monoisotopic (exact) mass is 466 g/mol. The maximum Gasteiger partial charge on any atom is 0.278 e. The Balaban J connectivity index is 1.34. The lowest BCUT2D eigenvalue weighted by Crippen LogP contribution is -2.45. The molecular weight excluding hydrogens is 439 g/mol. The average molecular weight is 467 g/mol.